The summed E-state index contributed by atoms with van der Waals surface area (Å²) in [5.41, 5.74) is 6.07. The number of hydrogen-bond acceptors (Lipinski definition) is 4. The van der Waals surface area contributed by atoms with E-state index in [9.17, 15) is 4.79 Å². The third kappa shape index (κ3) is 2.28. The molecule has 0 bridgehead atoms. The first-order chi connectivity index (χ1) is 5.70. The average molecular weight is 167 g/mol. The molecule has 5 heteroatoms. The molecule has 0 radical (unpaired) electrons. The predicted molar refractivity (Wildman–Crippen MR) is 41.2 cm³/mol. The molecule has 1 rings (SSSR count). The van der Waals surface area contributed by atoms with Crippen LogP contribution in [0.1, 0.15) is 18.2 Å². The van der Waals surface area contributed by atoms with E-state index in [2.05, 4.69) is 9.97 Å². The van der Waals surface area contributed by atoms with Crippen molar-refractivity contribution in [3.63, 3.8) is 0 Å². The molecule has 12 heavy (non-hydrogen) atoms. The summed E-state index contributed by atoms with van der Waals surface area (Å²) in [6.07, 6.45) is 2.76. The fraction of sp³-hybridized carbons (Fsp3) is 0.286. The van der Waals surface area contributed by atoms with Gasteiger partial charge in [-0.1, -0.05) is 0 Å². The smallest absolute Gasteiger partial charge is 0.305 e. The molecule has 0 saturated carbocycles. The molecule has 1 aromatic rings. The lowest BCUT2D eigenvalue weighted by atomic mass is 10.1. The van der Waals surface area contributed by atoms with Crippen LogP contribution < -0.4 is 5.73 Å². The highest BCUT2D eigenvalue weighted by atomic mass is 16.4. The van der Waals surface area contributed by atoms with Crippen LogP contribution in [-0.2, 0) is 4.79 Å². The fourth-order valence-corrected chi connectivity index (χ4v) is 0.813. The van der Waals surface area contributed by atoms with Crippen molar-refractivity contribution in [2.75, 3.05) is 0 Å². The van der Waals surface area contributed by atoms with E-state index in [4.69, 9.17) is 10.8 Å². The molecule has 0 unspecified atom stereocenters. The minimum atomic E-state index is -0.930. The second-order valence-electron chi connectivity index (χ2n) is 2.34. The Labute approximate surface area is 69.3 Å². The number of aromatic nitrogens is 2. The first-order valence-electron chi connectivity index (χ1n) is 3.43. The summed E-state index contributed by atoms with van der Waals surface area (Å²) in [5.74, 6) is -0.930. The summed E-state index contributed by atoms with van der Waals surface area (Å²) < 4.78 is 0. The standard InChI is InChI=1S/C7H9N3O2/c8-5(3-7(11)12)6-1-2-9-4-10-6/h1-2,4-5H,3,8H2,(H,11,12)/t5-/m1/s1. The molecule has 5 nitrogen and oxygen atoms in total. The van der Waals surface area contributed by atoms with Crippen LogP contribution in [0.4, 0.5) is 0 Å². The Morgan fingerprint density at radius 1 is 1.75 bits per heavy atom. The number of nitrogens with zero attached hydrogens (tertiary/aromatic N) is 2. The molecule has 0 fully saturated rings. The quantitative estimate of drug-likeness (QED) is 0.658. The molecule has 64 valence electrons. The van der Waals surface area contributed by atoms with Gasteiger partial charge >= 0.3 is 5.97 Å². The largest absolute Gasteiger partial charge is 0.481 e. The Morgan fingerprint density at radius 2 is 2.50 bits per heavy atom. The summed E-state index contributed by atoms with van der Waals surface area (Å²) in [5, 5.41) is 8.42. The first kappa shape index (κ1) is 8.61. The molecule has 0 aliphatic carbocycles. The topological polar surface area (TPSA) is 89.1 Å². The lowest BCUT2D eigenvalue weighted by Crippen LogP contribution is -2.16. The SMILES string of the molecule is N[C@H](CC(=O)O)c1ccncn1. The van der Waals surface area contributed by atoms with Gasteiger partial charge in [-0.25, -0.2) is 9.97 Å². The second-order valence-corrected chi connectivity index (χ2v) is 2.34. The van der Waals surface area contributed by atoms with E-state index in [1.165, 1.54) is 12.5 Å². The van der Waals surface area contributed by atoms with Gasteiger partial charge in [-0.2, -0.15) is 0 Å². The predicted octanol–water partition coefficient (Wildman–Crippen LogP) is -0.0489. The van der Waals surface area contributed by atoms with E-state index in [-0.39, 0.29) is 6.42 Å². The Balaban J connectivity index is 2.65. The summed E-state index contributed by atoms with van der Waals surface area (Å²) in [6, 6.07) is 1.05. The van der Waals surface area contributed by atoms with Gasteiger partial charge in [0.15, 0.2) is 0 Å². The van der Waals surface area contributed by atoms with E-state index in [0.29, 0.717) is 5.69 Å². The summed E-state index contributed by atoms with van der Waals surface area (Å²) >= 11 is 0. The van der Waals surface area contributed by atoms with Crippen molar-refractivity contribution in [1.29, 1.82) is 0 Å². The van der Waals surface area contributed by atoms with Gasteiger partial charge in [0.1, 0.15) is 6.33 Å². The van der Waals surface area contributed by atoms with E-state index in [1.807, 2.05) is 0 Å². The van der Waals surface area contributed by atoms with Crippen LogP contribution in [0.25, 0.3) is 0 Å². The number of hydrogen-bond donors (Lipinski definition) is 2. The van der Waals surface area contributed by atoms with Crippen LogP contribution in [0.3, 0.4) is 0 Å². The number of carboxylic acid groups (broad SMARTS) is 1. The van der Waals surface area contributed by atoms with E-state index in [0.717, 1.165) is 0 Å². The Kier molecular flexibility index (Phi) is 2.71. The van der Waals surface area contributed by atoms with Gasteiger partial charge < -0.3 is 10.8 Å². The zero-order chi connectivity index (χ0) is 8.97. The summed E-state index contributed by atoms with van der Waals surface area (Å²) in [6.45, 7) is 0. The van der Waals surface area contributed by atoms with Crippen molar-refractivity contribution in [1.82, 2.24) is 9.97 Å². The lowest BCUT2D eigenvalue weighted by molar-refractivity contribution is -0.137. The molecule has 0 saturated heterocycles. The van der Waals surface area contributed by atoms with Gasteiger partial charge in [0, 0.05) is 6.20 Å². The Bertz CT molecular complexity index is 263. The molecule has 0 aliphatic rings. The molecule has 0 amide bonds. The number of carbonyl (C=O) groups is 1. The molecule has 1 heterocycles. The van der Waals surface area contributed by atoms with Crippen LogP contribution in [0.15, 0.2) is 18.6 Å². The van der Waals surface area contributed by atoms with Gasteiger partial charge in [-0.05, 0) is 6.07 Å². The molecule has 1 aromatic heterocycles. The maximum atomic E-state index is 10.3. The normalized spacial score (nSPS) is 12.4. The van der Waals surface area contributed by atoms with Gasteiger partial charge in [-0.15, -0.1) is 0 Å². The monoisotopic (exact) mass is 167 g/mol. The first-order valence-corrected chi connectivity index (χ1v) is 3.43. The molecular weight excluding hydrogens is 158 g/mol. The fourth-order valence-electron chi connectivity index (χ4n) is 0.813. The minimum Gasteiger partial charge on any atom is -0.481 e. The van der Waals surface area contributed by atoms with Crippen molar-refractivity contribution in [2.45, 2.75) is 12.5 Å². The second kappa shape index (κ2) is 3.77. The molecular formula is C7H9N3O2. The van der Waals surface area contributed by atoms with Gasteiger partial charge in [0.25, 0.3) is 0 Å². The zero-order valence-corrected chi connectivity index (χ0v) is 6.34. The van der Waals surface area contributed by atoms with Crippen LogP contribution in [0.2, 0.25) is 0 Å². The highest BCUT2D eigenvalue weighted by molar-refractivity contribution is 5.67. The average Bonchev–Trinajstić information content (AvgIpc) is 2.05. The van der Waals surface area contributed by atoms with E-state index < -0.39 is 12.0 Å². The minimum absolute atomic E-state index is 0.114. The number of rotatable bonds is 3. The molecule has 0 spiro atoms. The Hall–Kier alpha value is -1.49. The summed E-state index contributed by atoms with van der Waals surface area (Å²) in [7, 11) is 0. The van der Waals surface area contributed by atoms with Crippen molar-refractivity contribution in [3.8, 4) is 0 Å². The van der Waals surface area contributed by atoms with Gasteiger partial charge in [0.05, 0.1) is 18.2 Å². The highest BCUT2D eigenvalue weighted by Gasteiger charge is 2.10. The lowest BCUT2D eigenvalue weighted by Gasteiger charge is -2.05. The molecule has 0 aliphatic heterocycles. The number of nitrogens with two attached hydrogens (primary N) is 1. The maximum Gasteiger partial charge on any atom is 0.305 e. The molecule has 1 atom stereocenters. The van der Waals surface area contributed by atoms with Crippen molar-refractivity contribution in [2.24, 2.45) is 5.73 Å². The zero-order valence-electron chi connectivity index (χ0n) is 6.34. The van der Waals surface area contributed by atoms with Crippen molar-refractivity contribution >= 4 is 5.97 Å². The Morgan fingerprint density at radius 3 is 3.00 bits per heavy atom. The maximum absolute atomic E-state index is 10.3. The van der Waals surface area contributed by atoms with E-state index >= 15 is 0 Å². The highest BCUT2D eigenvalue weighted by Crippen LogP contribution is 2.08. The number of carboxylic acids is 1. The number of aliphatic carboxylic acids is 1. The molecule has 0 aromatic carbocycles. The third-order valence-electron chi connectivity index (χ3n) is 1.38. The van der Waals surface area contributed by atoms with Crippen molar-refractivity contribution < 1.29 is 9.90 Å². The van der Waals surface area contributed by atoms with Crippen LogP contribution in [-0.4, -0.2) is 21.0 Å². The van der Waals surface area contributed by atoms with Crippen LogP contribution >= 0.6 is 0 Å². The van der Waals surface area contributed by atoms with Crippen molar-refractivity contribution in [3.05, 3.63) is 24.3 Å². The van der Waals surface area contributed by atoms with Crippen LogP contribution in [0.5, 0.6) is 0 Å². The van der Waals surface area contributed by atoms with E-state index in [1.54, 1.807) is 6.07 Å². The van der Waals surface area contributed by atoms with Crippen LogP contribution in [0, 0.1) is 0 Å². The molecule has 3 N–H and O–H groups in total. The van der Waals surface area contributed by atoms with Gasteiger partial charge in [0.2, 0.25) is 0 Å². The summed E-state index contributed by atoms with van der Waals surface area (Å²) in [4.78, 5) is 17.8. The third-order valence-corrected chi connectivity index (χ3v) is 1.38. The van der Waals surface area contributed by atoms with Gasteiger partial charge in [-0.3, -0.25) is 4.79 Å².